The Morgan fingerprint density at radius 2 is 1.85 bits per heavy atom. The molecule has 2 N–H and O–H groups in total. The summed E-state index contributed by atoms with van der Waals surface area (Å²) in [5, 5.41) is 12.8. The summed E-state index contributed by atoms with van der Waals surface area (Å²) in [7, 11) is -5.56. The highest BCUT2D eigenvalue weighted by molar-refractivity contribution is 7.92. The average Bonchev–Trinajstić information content (AvgIpc) is 3.01. The van der Waals surface area contributed by atoms with Crippen LogP contribution in [0.1, 0.15) is 19.4 Å². The number of imidazole rings is 1. The number of carbonyl (C=O) groups excluding carboxylic acids is 1. The van der Waals surface area contributed by atoms with Gasteiger partial charge in [0.2, 0.25) is 5.88 Å². The van der Waals surface area contributed by atoms with E-state index in [9.17, 15) is 36.3 Å². The third-order valence-corrected chi connectivity index (χ3v) is 5.98. The van der Waals surface area contributed by atoms with Gasteiger partial charge in [-0.15, -0.1) is 0 Å². The van der Waals surface area contributed by atoms with E-state index in [0.717, 1.165) is 27.5 Å². The molecular formula is C20H19F3N4O6S. The van der Waals surface area contributed by atoms with Crippen LogP contribution in [0.25, 0.3) is 5.69 Å². The van der Waals surface area contributed by atoms with E-state index < -0.39 is 37.9 Å². The zero-order valence-corrected chi connectivity index (χ0v) is 18.6. The van der Waals surface area contributed by atoms with Crippen LogP contribution in [0.5, 0.6) is 5.88 Å². The molecule has 2 aromatic heterocycles. The molecule has 0 spiro atoms. The van der Waals surface area contributed by atoms with Crippen LogP contribution < -0.4 is 11.0 Å². The van der Waals surface area contributed by atoms with Gasteiger partial charge in [-0.3, -0.25) is 14.9 Å². The Labute approximate surface area is 191 Å². The Bertz CT molecular complexity index is 1360. The first kappa shape index (κ1) is 24.8. The second kappa shape index (κ2) is 9.21. The molecular weight excluding hydrogens is 481 g/mol. The average molecular weight is 500 g/mol. The maximum Gasteiger partial charge on any atom is 0.501 e. The normalized spacial score (nSPS) is 12.1. The first-order valence-corrected chi connectivity index (χ1v) is 11.1. The summed E-state index contributed by atoms with van der Waals surface area (Å²) in [6.07, 6.45) is 2.76. The highest BCUT2D eigenvalue weighted by atomic mass is 32.2. The molecule has 10 nitrogen and oxygen atoms in total. The van der Waals surface area contributed by atoms with E-state index >= 15 is 0 Å². The lowest BCUT2D eigenvalue weighted by atomic mass is 10.2. The molecule has 0 aliphatic carbocycles. The van der Waals surface area contributed by atoms with E-state index in [1.54, 1.807) is 13.8 Å². The molecule has 1 aromatic carbocycles. The second-order valence-corrected chi connectivity index (χ2v) is 9.23. The SMILES string of the molecule is CC(C)OC(=O)Nc1cnccc1Cn1cc(O)n(-c2ccc(S(=O)(=O)C(F)(F)F)cc2)c1=O. The minimum Gasteiger partial charge on any atom is -0.493 e. The summed E-state index contributed by atoms with van der Waals surface area (Å²) in [5.74, 6) is -0.542. The number of ether oxygens (including phenoxy) is 1. The van der Waals surface area contributed by atoms with Gasteiger partial charge in [0, 0.05) is 6.20 Å². The van der Waals surface area contributed by atoms with Crippen LogP contribution in [0.3, 0.4) is 0 Å². The molecule has 0 atom stereocenters. The lowest BCUT2D eigenvalue weighted by molar-refractivity contribution is -0.0436. The Hall–Kier alpha value is -3.81. The first-order chi connectivity index (χ1) is 15.8. The van der Waals surface area contributed by atoms with E-state index in [4.69, 9.17) is 4.74 Å². The molecule has 182 valence electrons. The second-order valence-electron chi connectivity index (χ2n) is 7.29. The predicted octanol–water partition coefficient (Wildman–Crippen LogP) is 3.04. The minimum atomic E-state index is -5.56. The van der Waals surface area contributed by atoms with Crippen molar-refractivity contribution in [3.63, 3.8) is 0 Å². The molecule has 0 unspecified atom stereocenters. The first-order valence-electron chi connectivity index (χ1n) is 9.64. The number of aromatic nitrogens is 3. The van der Waals surface area contributed by atoms with Gasteiger partial charge in [0.05, 0.1) is 41.3 Å². The fraction of sp³-hybridized carbons (Fsp3) is 0.250. The van der Waals surface area contributed by atoms with Crippen LogP contribution in [0.2, 0.25) is 0 Å². The topological polar surface area (TPSA) is 133 Å². The number of aromatic hydroxyl groups is 1. The summed E-state index contributed by atoms with van der Waals surface area (Å²) in [4.78, 5) is 27.7. The van der Waals surface area contributed by atoms with Gasteiger partial charge in [0.1, 0.15) is 0 Å². The van der Waals surface area contributed by atoms with E-state index in [1.165, 1.54) is 18.5 Å². The zero-order valence-electron chi connectivity index (χ0n) is 17.8. The van der Waals surface area contributed by atoms with Gasteiger partial charge in [-0.25, -0.2) is 22.6 Å². The molecule has 3 aromatic rings. The molecule has 14 heteroatoms. The van der Waals surface area contributed by atoms with Crippen molar-refractivity contribution in [2.75, 3.05) is 5.32 Å². The van der Waals surface area contributed by atoms with Crippen molar-refractivity contribution in [2.24, 2.45) is 0 Å². The van der Waals surface area contributed by atoms with Crippen molar-refractivity contribution >= 4 is 21.6 Å². The Kier molecular flexibility index (Phi) is 6.72. The molecule has 34 heavy (non-hydrogen) atoms. The molecule has 0 saturated carbocycles. The molecule has 0 radical (unpaired) electrons. The van der Waals surface area contributed by atoms with Crippen LogP contribution >= 0.6 is 0 Å². The van der Waals surface area contributed by atoms with Crippen LogP contribution in [0, 0.1) is 0 Å². The molecule has 0 fully saturated rings. The fourth-order valence-corrected chi connectivity index (χ4v) is 3.72. The highest BCUT2D eigenvalue weighted by Gasteiger charge is 2.46. The largest absolute Gasteiger partial charge is 0.501 e. The summed E-state index contributed by atoms with van der Waals surface area (Å²) in [6.45, 7) is 3.22. The van der Waals surface area contributed by atoms with Gasteiger partial charge < -0.3 is 9.84 Å². The number of anilines is 1. The Morgan fingerprint density at radius 3 is 2.44 bits per heavy atom. The summed E-state index contributed by atoms with van der Waals surface area (Å²) >= 11 is 0. The molecule has 0 aliphatic heterocycles. The number of benzene rings is 1. The lowest BCUT2D eigenvalue weighted by Gasteiger charge is -2.12. The van der Waals surface area contributed by atoms with Crippen molar-refractivity contribution in [3.05, 3.63) is 65.0 Å². The van der Waals surface area contributed by atoms with Crippen molar-refractivity contribution in [1.82, 2.24) is 14.1 Å². The number of nitrogens with one attached hydrogen (secondary N) is 1. The molecule has 3 rings (SSSR count). The summed E-state index contributed by atoms with van der Waals surface area (Å²) in [6, 6.07) is 4.83. The van der Waals surface area contributed by atoms with Crippen LogP contribution in [-0.2, 0) is 21.1 Å². The van der Waals surface area contributed by atoms with Crippen LogP contribution in [0.4, 0.5) is 23.7 Å². The molecule has 0 aliphatic rings. The van der Waals surface area contributed by atoms with Gasteiger partial charge in [-0.2, -0.15) is 13.2 Å². The lowest BCUT2D eigenvalue weighted by Crippen LogP contribution is -2.25. The number of hydrogen-bond acceptors (Lipinski definition) is 7. The number of carbonyl (C=O) groups is 1. The standard InChI is InChI=1S/C20H19F3N4O6S/c1-12(2)33-18(29)25-16-9-24-8-7-13(16)10-26-11-17(28)27(19(26)30)14-3-5-15(6-4-14)34(31,32)20(21,22)23/h3-9,11-12,28H,10H2,1-2H3,(H,25,29). The minimum absolute atomic E-state index is 0.0593. The Balaban J connectivity index is 1.91. The smallest absolute Gasteiger partial charge is 0.493 e. The van der Waals surface area contributed by atoms with Gasteiger partial charge in [-0.05, 0) is 49.7 Å². The number of halogens is 3. The van der Waals surface area contributed by atoms with Gasteiger partial charge in [0.25, 0.3) is 9.84 Å². The summed E-state index contributed by atoms with van der Waals surface area (Å²) in [5.41, 5.74) is -5.60. The van der Waals surface area contributed by atoms with Crippen molar-refractivity contribution in [3.8, 4) is 11.6 Å². The fourth-order valence-electron chi connectivity index (χ4n) is 2.95. The number of amides is 1. The monoisotopic (exact) mass is 500 g/mol. The third kappa shape index (κ3) is 5.06. The van der Waals surface area contributed by atoms with Crippen molar-refractivity contribution < 1.29 is 36.2 Å². The number of nitrogens with zero attached hydrogens (tertiary/aromatic N) is 3. The molecule has 2 heterocycles. The maximum atomic E-state index is 12.9. The number of alkyl halides is 3. The maximum absolute atomic E-state index is 12.9. The van der Waals surface area contributed by atoms with E-state index in [1.807, 2.05) is 0 Å². The predicted molar refractivity (Wildman–Crippen MR) is 114 cm³/mol. The van der Waals surface area contributed by atoms with Crippen LogP contribution in [0.15, 0.2) is 58.6 Å². The zero-order chi connectivity index (χ0) is 25.3. The third-order valence-electron chi connectivity index (χ3n) is 4.48. The van der Waals surface area contributed by atoms with E-state index in [2.05, 4.69) is 10.3 Å². The molecule has 1 amide bonds. The van der Waals surface area contributed by atoms with Gasteiger partial charge >= 0.3 is 17.3 Å². The number of sulfone groups is 1. The highest BCUT2D eigenvalue weighted by Crippen LogP contribution is 2.30. The number of hydrogen-bond donors (Lipinski definition) is 2. The van der Waals surface area contributed by atoms with Crippen molar-refractivity contribution in [1.29, 1.82) is 0 Å². The molecule has 0 bridgehead atoms. The van der Waals surface area contributed by atoms with E-state index in [-0.39, 0.29) is 24.0 Å². The van der Waals surface area contributed by atoms with Gasteiger partial charge in [-0.1, -0.05) is 0 Å². The van der Waals surface area contributed by atoms with Crippen LogP contribution in [-0.4, -0.2) is 45.3 Å². The number of pyridine rings is 1. The quantitative estimate of drug-likeness (QED) is 0.532. The van der Waals surface area contributed by atoms with Crippen molar-refractivity contribution in [2.45, 2.75) is 36.9 Å². The summed E-state index contributed by atoms with van der Waals surface area (Å²) < 4.78 is 68.1. The van der Waals surface area contributed by atoms with Gasteiger partial charge in [0.15, 0.2) is 0 Å². The Morgan fingerprint density at radius 1 is 1.21 bits per heavy atom. The van der Waals surface area contributed by atoms with E-state index in [0.29, 0.717) is 17.7 Å². The molecule has 0 saturated heterocycles. The number of rotatable bonds is 6.